The van der Waals surface area contributed by atoms with E-state index in [2.05, 4.69) is 30.7 Å². The third-order valence-electron chi connectivity index (χ3n) is 5.41. The predicted octanol–water partition coefficient (Wildman–Crippen LogP) is 0.669. The van der Waals surface area contributed by atoms with Crippen LogP contribution < -0.4 is 0 Å². The molecule has 116 valence electrons. The van der Waals surface area contributed by atoms with E-state index in [9.17, 15) is 5.11 Å². The quantitative estimate of drug-likeness (QED) is 0.767. The fraction of sp³-hybridized carbons (Fsp3) is 1.00. The number of likely N-dealkylation sites (N-methyl/N-ethyl adjacent to an activating group) is 1. The first-order valence-corrected chi connectivity index (χ1v) is 7.83. The van der Waals surface area contributed by atoms with Crippen molar-refractivity contribution in [3.63, 3.8) is 0 Å². The Morgan fingerprint density at radius 1 is 1.15 bits per heavy atom. The highest BCUT2D eigenvalue weighted by Crippen LogP contribution is 2.38. The van der Waals surface area contributed by atoms with Gasteiger partial charge in [0.25, 0.3) is 0 Å². The summed E-state index contributed by atoms with van der Waals surface area (Å²) in [5.74, 6) is -0.419. The van der Waals surface area contributed by atoms with Crippen molar-refractivity contribution in [2.24, 2.45) is 0 Å². The molecule has 3 fully saturated rings. The molecule has 1 N–H and O–H groups in total. The zero-order valence-corrected chi connectivity index (χ0v) is 13.0. The molecule has 2 atom stereocenters. The molecule has 5 nitrogen and oxygen atoms in total. The number of ether oxygens (including phenoxy) is 2. The van der Waals surface area contributed by atoms with Crippen LogP contribution in [0, 0.1) is 0 Å². The van der Waals surface area contributed by atoms with Crippen molar-refractivity contribution in [3.05, 3.63) is 0 Å². The number of rotatable bonds is 1. The summed E-state index contributed by atoms with van der Waals surface area (Å²) in [5, 5.41) is 10.4. The topological polar surface area (TPSA) is 45.2 Å². The molecule has 5 heteroatoms. The minimum atomic E-state index is -0.419. The van der Waals surface area contributed by atoms with Crippen LogP contribution in [0.25, 0.3) is 0 Å². The van der Waals surface area contributed by atoms with Gasteiger partial charge >= 0.3 is 0 Å². The van der Waals surface area contributed by atoms with Gasteiger partial charge < -0.3 is 14.6 Å². The van der Waals surface area contributed by atoms with Crippen LogP contribution in [0.4, 0.5) is 0 Å². The smallest absolute Gasteiger partial charge is 0.170 e. The van der Waals surface area contributed by atoms with Crippen molar-refractivity contribution in [1.29, 1.82) is 0 Å². The summed E-state index contributed by atoms with van der Waals surface area (Å²) < 4.78 is 11.7. The van der Waals surface area contributed by atoms with Crippen molar-refractivity contribution in [2.75, 3.05) is 39.9 Å². The number of aliphatic hydroxyl groups is 1. The zero-order chi connectivity index (χ0) is 14.4. The van der Waals surface area contributed by atoms with Crippen LogP contribution in [0.3, 0.4) is 0 Å². The number of piperazine rings is 1. The van der Waals surface area contributed by atoms with E-state index < -0.39 is 5.79 Å². The standard InChI is InChI=1S/C15H28N2O3/c1-14(2)11-17(7-6-16(14)3)12-10-15(5-4-13(12)18)19-8-9-20-15/h12-13,18H,4-11H2,1-3H3. The molecular weight excluding hydrogens is 256 g/mol. The highest BCUT2D eigenvalue weighted by molar-refractivity contribution is 4.98. The van der Waals surface area contributed by atoms with Crippen LogP contribution in [0.1, 0.15) is 33.1 Å². The second-order valence-electron chi connectivity index (χ2n) is 7.19. The number of hydrogen-bond acceptors (Lipinski definition) is 5. The minimum absolute atomic E-state index is 0.153. The maximum absolute atomic E-state index is 10.4. The molecule has 2 aliphatic heterocycles. The average molecular weight is 284 g/mol. The van der Waals surface area contributed by atoms with E-state index >= 15 is 0 Å². The van der Waals surface area contributed by atoms with Crippen molar-refractivity contribution in [2.45, 2.75) is 56.6 Å². The van der Waals surface area contributed by atoms with E-state index in [1.165, 1.54) is 0 Å². The van der Waals surface area contributed by atoms with Gasteiger partial charge in [-0.2, -0.15) is 0 Å². The predicted molar refractivity (Wildman–Crippen MR) is 76.6 cm³/mol. The third kappa shape index (κ3) is 2.62. The Labute approximate surface area is 121 Å². The molecule has 0 aromatic rings. The van der Waals surface area contributed by atoms with E-state index in [0.717, 1.165) is 38.9 Å². The Balaban J connectivity index is 1.71. The Kier molecular flexibility index (Phi) is 3.84. The van der Waals surface area contributed by atoms with Gasteiger partial charge in [0.05, 0.1) is 19.3 Å². The Morgan fingerprint density at radius 2 is 1.85 bits per heavy atom. The van der Waals surface area contributed by atoms with Gasteiger partial charge in [-0.05, 0) is 27.3 Å². The van der Waals surface area contributed by atoms with Crippen LogP contribution in [0.2, 0.25) is 0 Å². The third-order valence-corrected chi connectivity index (χ3v) is 5.41. The van der Waals surface area contributed by atoms with Crippen LogP contribution in [0.5, 0.6) is 0 Å². The molecule has 0 aromatic carbocycles. The van der Waals surface area contributed by atoms with E-state index in [4.69, 9.17) is 9.47 Å². The molecule has 0 amide bonds. The molecule has 20 heavy (non-hydrogen) atoms. The summed E-state index contributed by atoms with van der Waals surface area (Å²) in [5.41, 5.74) is 0.153. The molecule has 1 saturated carbocycles. The lowest BCUT2D eigenvalue weighted by atomic mass is 9.85. The van der Waals surface area contributed by atoms with E-state index in [-0.39, 0.29) is 17.7 Å². The first-order chi connectivity index (χ1) is 9.42. The van der Waals surface area contributed by atoms with Crippen molar-refractivity contribution in [1.82, 2.24) is 9.80 Å². The largest absolute Gasteiger partial charge is 0.391 e. The van der Waals surface area contributed by atoms with E-state index in [1.54, 1.807) is 0 Å². The van der Waals surface area contributed by atoms with Gasteiger partial charge in [0.1, 0.15) is 0 Å². The average Bonchev–Trinajstić information content (AvgIpc) is 2.85. The van der Waals surface area contributed by atoms with Gasteiger partial charge in [0.2, 0.25) is 0 Å². The van der Waals surface area contributed by atoms with Crippen LogP contribution >= 0.6 is 0 Å². The molecule has 0 bridgehead atoms. The van der Waals surface area contributed by atoms with Crippen LogP contribution in [0.15, 0.2) is 0 Å². The summed E-state index contributed by atoms with van der Waals surface area (Å²) in [6, 6.07) is 0.162. The lowest BCUT2D eigenvalue weighted by Crippen LogP contribution is -2.63. The van der Waals surface area contributed by atoms with Crippen molar-refractivity contribution >= 4 is 0 Å². The van der Waals surface area contributed by atoms with Crippen molar-refractivity contribution in [3.8, 4) is 0 Å². The zero-order valence-electron chi connectivity index (χ0n) is 13.0. The molecule has 3 rings (SSSR count). The van der Waals surface area contributed by atoms with E-state index in [1.807, 2.05) is 0 Å². The van der Waals surface area contributed by atoms with Gasteiger partial charge in [-0.3, -0.25) is 9.80 Å². The van der Waals surface area contributed by atoms with Gasteiger partial charge in [-0.15, -0.1) is 0 Å². The Morgan fingerprint density at radius 3 is 2.50 bits per heavy atom. The molecule has 2 unspecified atom stereocenters. The molecule has 0 radical (unpaired) electrons. The highest BCUT2D eigenvalue weighted by atomic mass is 16.7. The second-order valence-corrected chi connectivity index (χ2v) is 7.19. The van der Waals surface area contributed by atoms with Gasteiger partial charge in [-0.25, -0.2) is 0 Å². The van der Waals surface area contributed by atoms with Crippen LogP contribution in [-0.2, 0) is 9.47 Å². The lowest BCUT2D eigenvalue weighted by molar-refractivity contribution is -0.208. The normalized spacial score (nSPS) is 38.4. The second kappa shape index (κ2) is 5.21. The van der Waals surface area contributed by atoms with E-state index in [0.29, 0.717) is 13.2 Å². The van der Waals surface area contributed by atoms with Crippen LogP contribution in [-0.4, -0.2) is 78.3 Å². The lowest BCUT2D eigenvalue weighted by Gasteiger charge is -2.51. The molecule has 2 saturated heterocycles. The summed E-state index contributed by atoms with van der Waals surface area (Å²) in [6.07, 6.45) is 2.14. The summed E-state index contributed by atoms with van der Waals surface area (Å²) in [4.78, 5) is 4.84. The monoisotopic (exact) mass is 284 g/mol. The van der Waals surface area contributed by atoms with Gasteiger partial charge in [-0.1, -0.05) is 0 Å². The first kappa shape index (κ1) is 14.7. The molecule has 0 aromatic heterocycles. The summed E-state index contributed by atoms with van der Waals surface area (Å²) >= 11 is 0. The minimum Gasteiger partial charge on any atom is -0.391 e. The number of aliphatic hydroxyl groups excluding tert-OH is 1. The van der Waals surface area contributed by atoms with Gasteiger partial charge in [0.15, 0.2) is 5.79 Å². The fourth-order valence-electron chi connectivity index (χ4n) is 3.81. The molecular formula is C15H28N2O3. The fourth-order valence-corrected chi connectivity index (χ4v) is 3.81. The number of nitrogens with zero attached hydrogens (tertiary/aromatic N) is 2. The van der Waals surface area contributed by atoms with Crippen molar-refractivity contribution < 1.29 is 14.6 Å². The molecule has 3 aliphatic rings. The number of hydrogen-bond donors (Lipinski definition) is 1. The molecule has 1 aliphatic carbocycles. The maximum atomic E-state index is 10.4. The van der Waals surface area contributed by atoms with Gasteiger partial charge in [0, 0.05) is 44.1 Å². The molecule has 1 spiro atoms. The highest BCUT2D eigenvalue weighted by Gasteiger charge is 2.48. The first-order valence-electron chi connectivity index (χ1n) is 7.83. The molecule has 2 heterocycles. The SMILES string of the molecule is CN1CCN(C2CC3(CCC2O)OCCO3)CC1(C)C. The Bertz CT molecular complexity index is 355. The maximum Gasteiger partial charge on any atom is 0.170 e. The summed E-state index contributed by atoms with van der Waals surface area (Å²) in [6.45, 7) is 8.97. The Hall–Kier alpha value is -0.200. The summed E-state index contributed by atoms with van der Waals surface area (Å²) in [7, 11) is 2.18.